The minimum Gasteiger partial charge on any atom is -0.381 e. The van der Waals surface area contributed by atoms with E-state index in [1.807, 2.05) is 18.2 Å². The quantitative estimate of drug-likeness (QED) is 0.499. The van der Waals surface area contributed by atoms with Crippen molar-refractivity contribution in [3.8, 4) is 0 Å². The molecule has 104 valence electrons. The summed E-state index contributed by atoms with van der Waals surface area (Å²) in [7, 11) is 0. The molecule has 1 N–H and O–H groups in total. The highest BCUT2D eigenvalue weighted by molar-refractivity contribution is 6.18. The highest BCUT2D eigenvalue weighted by Gasteiger charge is 2.09. The van der Waals surface area contributed by atoms with Gasteiger partial charge in [0.25, 0.3) is 5.69 Å². The van der Waals surface area contributed by atoms with Crippen molar-refractivity contribution < 1.29 is 4.92 Å². The predicted octanol–water partition coefficient (Wildman–Crippen LogP) is 3.86. The molecule has 5 heteroatoms. The highest BCUT2D eigenvalue weighted by Crippen LogP contribution is 2.17. The zero-order valence-electron chi connectivity index (χ0n) is 10.8. The Balaban J connectivity index is 2.01. The number of anilines is 1. The average molecular weight is 291 g/mol. The van der Waals surface area contributed by atoms with Crippen molar-refractivity contribution in [2.75, 3.05) is 11.2 Å². The van der Waals surface area contributed by atoms with Gasteiger partial charge in [-0.2, -0.15) is 0 Å². The molecule has 0 aliphatic heterocycles. The molecule has 2 rings (SSSR count). The maximum Gasteiger partial charge on any atom is 0.269 e. The molecule has 0 aromatic heterocycles. The summed E-state index contributed by atoms with van der Waals surface area (Å²) in [5.74, 6) is 0.464. The van der Waals surface area contributed by atoms with Crippen LogP contribution in [0, 0.1) is 10.1 Å². The highest BCUT2D eigenvalue weighted by atomic mass is 35.5. The molecule has 0 spiro atoms. The van der Waals surface area contributed by atoms with Gasteiger partial charge in [-0.25, -0.2) is 0 Å². The lowest BCUT2D eigenvalue weighted by atomic mass is 10.1. The molecule has 0 amide bonds. The number of non-ortho nitro benzene ring substituents is 1. The minimum absolute atomic E-state index is 0.0838. The Kier molecular flexibility index (Phi) is 4.96. The topological polar surface area (TPSA) is 55.2 Å². The first-order valence-corrected chi connectivity index (χ1v) is 6.83. The van der Waals surface area contributed by atoms with Gasteiger partial charge >= 0.3 is 0 Å². The van der Waals surface area contributed by atoms with Crippen LogP contribution in [-0.2, 0) is 6.42 Å². The van der Waals surface area contributed by atoms with Crippen LogP contribution >= 0.6 is 11.6 Å². The zero-order valence-corrected chi connectivity index (χ0v) is 11.6. The van der Waals surface area contributed by atoms with Crippen LogP contribution in [0.4, 0.5) is 11.4 Å². The average Bonchev–Trinajstić information content (AvgIpc) is 2.48. The molecule has 20 heavy (non-hydrogen) atoms. The molecular weight excluding hydrogens is 276 g/mol. The number of hydrogen-bond acceptors (Lipinski definition) is 3. The van der Waals surface area contributed by atoms with Crippen LogP contribution in [0.5, 0.6) is 0 Å². The van der Waals surface area contributed by atoms with Gasteiger partial charge in [-0.3, -0.25) is 10.1 Å². The van der Waals surface area contributed by atoms with Crippen molar-refractivity contribution in [3.05, 3.63) is 70.3 Å². The van der Waals surface area contributed by atoms with Gasteiger partial charge in [0, 0.05) is 29.7 Å². The van der Waals surface area contributed by atoms with E-state index in [4.69, 9.17) is 11.6 Å². The van der Waals surface area contributed by atoms with Gasteiger partial charge in [-0.15, -0.1) is 11.6 Å². The number of halogens is 1. The standard InChI is InChI=1S/C15H15ClN2O2/c16-11-14(10-12-4-2-1-3-5-12)17-13-6-8-15(9-7-13)18(19)20/h1-9,14,17H,10-11H2. The molecule has 4 nitrogen and oxygen atoms in total. The van der Waals surface area contributed by atoms with Crippen LogP contribution in [0.1, 0.15) is 5.56 Å². The predicted molar refractivity (Wildman–Crippen MR) is 81.4 cm³/mol. The molecular formula is C15H15ClN2O2. The Morgan fingerprint density at radius 3 is 2.30 bits per heavy atom. The normalized spacial score (nSPS) is 11.8. The van der Waals surface area contributed by atoms with E-state index in [0.29, 0.717) is 5.88 Å². The number of rotatable bonds is 6. The molecule has 2 aromatic carbocycles. The lowest BCUT2D eigenvalue weighted by Crippen LogP contribution is -2.24. The van der Waals surface area contributed by atoms with Crippen LogP contribution in [0.25, 0.3) is 0 Å². The fraction of sp³-hybridized carbons (Fsp3) is 0.200. The van der Waals surface area contributed by atoms with Gasteiger partial charge < -0.3 is 5.32 Å². The van der Waals surface area contributed by atoms with Crippen LogP contribution in [0.2, 0.25) is 0 Å². The number of nitrogens with one attached hydrogen (secondary N) is 1. The van der Waals surface area contributed by atoms with Crippen molar-refractivity contribution in [1.29, 1.82) is 0 Å². The summed E-state index contributed by atoms with van der Waals surface area (Å²) in [4.78, 5) is 10.2. The largest absolute Gasteiger partial charge is 0.381 e. The van der Waals surface area contributed by atoms with Crippen LogP contribution < -0.4 is 5.32 Å². The summed E-state index contributed by atoms with van der Waals surface area (Å²) < 4.78 is 0. The molecule has 0 aliphatic carbocycles. The number of nitrogens with zero attached hydrogens (tertiary/aromatic N) is 1. The minimum atomic E-state index is -0.410. The van der Waals surface area contributed by atoms with Crippen LogP contribution in [0.15, 0.2) is 54.6 Å². The fourth-order valence-electron chi connectivity index (χ4n) is 1.96. The van der Waals surface area contributed by atoms with E-state index >= 15 is 0 Å². The maximum atomic E-state index is 10.6. The SMILES string of the molecule is O=[N+]([O-])c1ccc(NC(CCl)Cc2ccccc2)cc1. The van der Waals surface area contributed by atoms with E-state index in [0.717, 1.165) is 12.1 Å². The Labute approximate surface area is 122 Å². The molecule has 0 saturated carbocycles. The molecule has 0 bridgehead atoms. The second-order valence-corrected chi connectivity index (χ2v) is 4.80. The van der Waals surface area contributed by atoms with E-state index < -0.39 is 4.92 Å². The van der Waals surface area contributed by atoms with E-state index in [2.05, 4.69) is 17.4 Å². The summed E-state index contributed by atoms with van der Waals surface area (Å²) in [6, 6.07) is 16.5. The third kappa shape index (κ3) is 3.96. The Bertz CT molecular complexity index is 558. The number of benzene rings is 2. The van der Waals surface area contributed by atoms with Gasteiger partial charge in [0.05, 0.1) is 4.92 Å². The summed E-state index contributed by atoms with van der Waals surface area (Å²) >= 11 is 5.98. The molecule has 0 fully saturated rings. The Hall–Kier alpha value is -2.07. The summed E-state index contributed by atoms with van der Waals surface area (Å²) in [5.41, 5.74) is 2.12. The van der Waals surface area contributed by atoms with Gasteiger partial charge in [-0.1, -0.05) is 30.3 Å². The summed E-state index contributed by atoms with van der Waals surface area (Å²) in [6.45, 7) is 0. The van der Waals surface area contributed by atoms with Crippen LogP contribution in [-0.4, -0.2) is 16.8 Å². The van der Waals surface area contributed by atoms with Crippen molar-refractivity contribution >= 4 is 23.0 Å². The van der Waals surface area contributed by atoms with E-state index in [-0.39, 0.29) is 11.7 Å². The lowest BCUT2D eigenvalue weighted by molar-refractivity contribution is -0.384. The molecule has 0 aliphatic rings. The lowest BCUT2D eigenvalue weighted by Gasteiger charge is -2.17. The van der Waals surface area contributed by atoms with Crippen molar-refractivity contribution in [1.82, 2.24) is 0 Å². The molecule has 2 aromatic rings. The van der Waals surface area contributed by atoms with E-state index in [1.165, 1.54) is 17.7 Å². The van der Waals surface area contributed by atoms with Crippen molar-refractivity contribution in [3.63, 3.8) is 0 Å². The van der Waals surface area contributed by atoms with Gasteiger partial charge in [0.15, 0.2) is 0 Å². The first kappa shape index (κ1) is 14.3. The molecule has 0 saturated heterocycles. The maximum absolute atomic E-state index is 10.6. The third-order valence-corrected chi connectivity index (χ3v) is 3.33. The summed E-state index contributed by atoms with van der Waals surface area (Å²) in [6.07, 6.45) is 0.807. The number of hydrogen-bond donors (Lipinski definition) is 1. The zero-order chi connectivity index (χ0) is 14.4. The van der Waals surface area contributed by atoms with E-state index in [1.54, 1.807) is 12.1 Å². The van der Waals surface area contributed by atoms with Crippen LogP contribution in [0.3, 0.4) is 0 Å². The van der Waals surface area contributed by atoms with E-state index in [9.17, 15) is 10.1 Å². The van der Waals surface area contributed by atoms with Crippen molar-refractivity contribution in [2.24, 2.45) is 0 Å². The molecule has 1 unspecified atom stereocenters. The third-order valence-electron chi connectivity index (χ3n) is 2.96. The van der Waals surface area contributed by atoms with Gasteiger partial charge in [0.1, 0.15) is 0 Å². The first-order chi connectivity index (χ1) is 9.69. The fourth-order valence-corrected chi connectivity index (χ4v) is 2.14. The number of nitro benzene ring substituents is 1. The Morgan fingerprint density at radius 2 is 1.75 bits per heavy atom. The monoisotopic (exact) mass is 290 g/mol. The van der Waals surface area contributed by atoms with Crippen molar-refractivity contribution in [2.45, 2.75) is 12.5 Å². The van der Waals surface area contributed by atoms with Gasteiger partial charge in [0.2, 0.25) is 0 Å². The number of alkyl halides is 1. The summed E-state index contributed by atoms with van der Waals surface area (Å²) in [5, 5.41) is 13.9. The molecule has 1 atom stereocenters. The van der Waals surface area contributed by atoms with Gasteiger partial charge in [-0.05, 0) is 24.1 Å². The molecule has 0 radical (unpaired) electrons. The molecule has 0 heterocycles. The second-order valence-electron chi connectivity index (χ2n) is 4.49. The smallest absolute Gasteiger partial charge is 0.269 e. The number of nitro groups is 1. The first-order valence-electron chi connectivity index (χ1n) is 6.30. The second kappa shape index (κ2) is 6.91. The Morgan fingerprint density at radius 1 is 1.10 bits per heavy atom.